The van der Waals surface area contributed by atoms with E-state index in [2.05, 4.69) is 4.98 Å². The topological polar surface area (TPSA) is 44.1 Å². The van der Waals surface area contributed by atoms with Crippen LogP contribution in [-0.4, -0.2) is 29.1 Å². The van der Waals surface area contributed by atoms with Crippen molar-refractivity contribution in [2.45, 2.75) is 13.5 Å². The first-order chi connectivity index (χ1) is 8.13. The number of carbonyl (C=O) groups excluding carboxylic acids is 1. The molecule has 0 saturated carbocycles. The molecule has 2 aromatic rings. The van der Waals surface area contributed by atoms with E-state index < -0.39 is 0 Å². The largest absolute Gasteiger partial charge is 0.383 e. The summed E-state index contributed by atoms with van der Waals surface area (Å²) in [5, 5.41) is 0.631. The van der Waals surface area contributed by atoms with Crippen LogP contribution < -0.4 is 0 Å². The number of ketones is 1. The van der Waals surface area contributed by atoms with Crippen molar-refractivity contribution in [2.75, 3.05) is 13.7 Å². The van der Waals surface area contributed by atoms with Gasteiger partial charge in [0.25, 0.3) is 0 Å². The van der Waals surface area contributed by atoms with Crippen molar-refractivity contribution in [1.82, 2.24) is 9.55 Å². The maximum Gasteiger partial charge on any atom is 0.195 e. The van der Waals surface area contributed by atoms with Crippen LogP contribution in [0, 0.1) is 0 Å². The number of fused-ring (bicyclic) bond motifs is 1. The lowest BCUT2D eigenvalue weighted by Gasteiger charge is -2.06. The third kappa shape index (κ3) is 2.33. The highest BCUT2D eigenvalue weighted by Gasteiger charge is 2.14. The first-order valence-corrected chi connectivity index (χ1v) is 5.67. The summed E-state index contributed by atoms with van der Waals surface area (Å²) in [4.78, 5) is 15.8. The minimum absolute atomic E-state index is 0.0616. The number of aromatic nitrogens is 2. The van der Waals surface area contributed by atoms with E-state index in [1.54, 1.807) is 13.2 Å². The molecular weight excluding hydrogens is 240 g/mol. The van der Waals surface area contributed by atoms with Crippen LogP contribution in [0.2, 0.25) is 5.02 Å². The number of rotatable bonds is 4. The van der Waals surface area contributed by atoms with E-state index in [9.17, 15) is 4.79 Å². The van der Waals surface area contributed by atoms with Gasteiger partial charge in [0.2, 0.25) is 0 Å². The molecule has 1 aromatic carbocycles. The van der Waals surface area contributed by atoms with Crippen LogP contribution in [0.25, 0.3) is 11.0 Å². The quantitative estimate of drug-likeness (QED) is 0.786. The Morgan fingerprint density at radius 3 is 2.94 bits per heavy atom. The highest BCUT2D eigenvalue weighted by atomic mass is 35.5. The summed E-state index contributed by atoms with van der Waals surface area (Å²) in [6.45, 7) is 2.62. The van der Waals surface area contributed by atoms with Crippen molar-refractivity contribution >= 4 is 28.4 Å². The first kappa shape index (κ1) is 12.1. The average Bonchev–Trinajstić information content (AvgIpc) is 2.64. The number of ether oxygens (including phenoxy) is 1. The molecule has 0 saturated heterocycles. The van der Waals surface area contributed by atoms with Crippen molar-refractivity contribution < 1.29 is 9.53 Å². The molecule has 0 aliphatic rings. The van der Waals surface area contributed by atoms with E-state index in [4.69, 9.17) is 16.3 Å². The molecule has 0 radical (unpaired) electrons. The maximum atomic E-state index is 11.5. The van der Waals surface area contributed by atoms with E-state index in [1.165, 1.54) is 6.92 Å². The SMILES string of the molecule is COCCn1c(C(C)=O)nc2ccc(Cl)cc21. The van der Waals surface area contributed by atoms with Gasteiger partial charge in [-0.25, -0.2) is 4.98 Å². The molecule has 0 atom stereocenters. The normalized spacial score (nSPS) is 11.0. The number of halogens is 1. The molecule has 4 nitrogen and oxygen atoms in total. The van der Waals surface area contributed by atoms with Crippen molar-refractivity contribution in [1.29, 1.82) is 0 Å². The van der Waals surface area contributed by atoms with Crippen molar-refractivity contribution in [3.05, 3.63) is 29.0 Å². The summed E-state index contributed by atoms with van der Waals surface area (Å²) in [5.41, 5.74) is 1.63. The molecule has 2 rings (SSSR count). The fourth-order valence-electron chi connectivity index (χ4n) is 1.77. The van der Waals surface area contributed by atoms with Gasteiger partial charge in [0.1, 0.15) is 0 Å². The summed E-state index contributed by atoms with van der Waals surface area (Å²) in [6, 6.07) is 5.39. The van der Waals surface area contributed by atoms with E-state index >= 15 is 0 Å². The highest BCUT2D eigenvalue weighted by Crippen LogP contribution is 2.21. The third-order valence-corrected chi connectivity index (χ3v) is 2.78. The number of Topliss-reactive ketones (excluding diaryl/α,β-unsaturated/α-hetero) is 1. The predicted octanol–water partition coefficient (Wildman–Crippen LogP) is 2.54. The van der Waals surface area contributed by atoms with E-state index in [-0.39, 0.29) is 5.78 Å². The van der Waals surface area contributed by atoms with Crippen LogP contribution in [0.3, 0.4) is 0 Å². The Labute approximate surface area is 104 Å². The lowest BCUT2D eigenvalue weighted by Crippen LogP contribution is -2.11. The molecule has 1 heterocycles. The Morgan fingerprint density at radius 2 is 2.29 bits per heavy atom. The molecule has 90 valence electrons. The van der Waals surface area contributed by atoms with Gasteiger partial charge >= 0.3 is 0 Å². The summed E-state index contributed by atoms with van der Waals surface area (Å²) in [6.07, 6.45) is 0. The zero-order chi connectivity index (χ0) is 12.4. The molecule has 17 heavy (non-hydrogen) atoms. The minimum Gasteiger partial charge on any atom is -0.383 e. The number of carbonyl (C=O) groups is 1. The Kier molecular flexibility index (Phi) is 3.45. The van der Waals surface area contributed by atoms with Crippen LogP contribution in [0.15, 0.2) is 18.2 Å². The van der Waals surface area contributed by atoms with Gasteiger partial charge in [-0.15, -0.1) is 0 Å². The standard InChI is InChI=1S/C12H13ClN2O2/c1-8(16)12-14-10-4-3-9(13)7-11(10)15(12)5-6-17-2/h3-4,7H,5-6H2,1-2H3. The molecule has 0 spiro atoms. The van der Waals surface area contributed by atoms with Crippen LogP contribution in [0.4, 0.5) is 0 Å². The fraction of sp³-hybridized carbons (Fsp3) is 0.333. The molecular formula is C12H13ClN2O2. The summed E-state index contributed by atoms with van der Waals surface area (Å²) >= 11 is 5.96. The van der Waals surface area contributed by atoms with Gasteiger partial charge in [-0.1, -0.05) is 11.6 Å². The molecule has 0 amide bonds. The summed E-state index contributed by atoms with van der Waals surface area (Å²) < 4.78 is 6.88. The number of nitrogens with zero attached hydrogens (tertiary/aromatic N) is 2. The molecule has 0 bridgehead atoms. The molecule has 0 aliphatic heterocycles. The number of benzene rings is 1. The number of hydrogen-bond donors (Lipinski definition) is 0. The molecule has 0 unspecified atom stereocenters. The summed E-state index contributed by atoms with van der Waals surface area (Å²) in [5.74, 6) is 0.382. The minimum atomic E-state index is -0.0616. The zero-order valence-electron chi connectivity index (χ0n) is 9.74. The third-order valence-electron chi connectivity index (χ3n) is 2.54. The lowest BCUT2D eigenvalue weighted by molar-refractivity contribution is 0.0997. The Hall–Kier alpha value is -1.39. The van der Waals surface area contributed by atoms with Gasteiger partial charge in [-0.2, -0.15) is 0 Å². The van der Waals surface area contributed by atoms with Crippen LogP contribution in [0.1, 0.15) is 17.5 Å². The van der Waals surface area contributed by atoms with Gasteiger partial charge in [-0.05, 0) is 18.2 Å². The van der Waals surface area contributed by atoms with Gasteiger partial charge in [-0.3, -0.25) is 4.79 Å². The van der Waals surface area contributed by atoms with Gasteiger partial charge in [0, 0.05) is 25.6 Å². The highest BCUT2D eigenvalue weighted by molar-refractivity contribution is 6.31. The van der Waals surface area contributed by atoms with Crippen molar-refractivity contribution in [2.24, 2.45) is 0 Å². The average molecular weight is 253 g/mol. The first-order valence-electron chi connectivity index (χ1n) is 5.29. The number of imidazole rings is 1. The Bertz CT molecular complexity index is 563. The second-order valence-electron chi connectivity index (χ2n) is 3.77. The monoisotopic (exact) mass is 252 g/mol. The van der Waals surface area contributed by atoms with Crippen LogP contribution in [0.5, 0.6) is 0 Å². The lowest BCUT2D eigenvalue weighted by atomic mass is 10.3. The zero-order valence-corrected chi connectivity index (χ0v) is 10.5. The Morgan fingerprint density at radius 1 is 1.53 bits per heavy atom. The summed E-state index contributed by atoms with van der Waals surface area (Å²) in [7, 11) is 1.62. The number of methoxy groups -OCH3 is 1. The van der Waals surface area contributed by atoms with E-state index in [1.807, 2.05) is 16.7 Å². The molecule has 5 heteroatoms. The smallest absolute Gasteiger partial charge is 0.195 e. The van der Waals surface area contributed by atoms with E-state index in [0.717, 1.165) is 11.0 Å². The van der Waals surface area contributed by atoms with E-state index in [0.29, 0.717) is 24.0 Å². The van der Waals surface area contributed by atoms with Gasteiger partial charge in [0.15, 0.2) is 11.6 Å². The van der Waals surface area contributed by atoms with Crippen molar-refractivity contribution in [3.63, 3.8) is 0 Å². The van der Waals surface area contributed by atoms with Crippen molar-refractivity contribution in [3.8, 4) is 0 Å². The second kappa shape index (κ2) is 4.85. The van der Waals surface area contributed by atoms with Crippen LogP contribution in [-0.2, 0) is 11.3 Å². The molecule has 0 N–H and O–H groups in total. The molecule has 0 fully saturated rings. The van der Waals surface area contributed by atoms with Gasteiger partial charge in [0.05, 0.1) is 17.6 Å². The van der Waals surface area contributed by atoms with Gasteiger partial charge < -0.3 is 9.30 Å². The molecule has 0 aliphatic carbocycles. The second-order valence-corrected chi connectivity index (χ2v) is 4.21. The van der Waals surface area contributed by atoms with Crippen LogP contribution >= 0.6 is 11.6 Å². The fourth-order valence-corrected chi connectivity index (χ4v) is 1.94. The maximum absolute atomic E-state index is 11.5. The predicted molar refractivity (Wildman–Crippen MR) is 66.6 cm³/mol. The number of hydrogen-bond acceptors (Lipinski definition) is 3. The Balaban J connectivity index is 2.60. The molecule has 1 aromatic heterocycles.